The lowest BCUT2D eigenvalue weighted by Crippen LogP contribution is -2.54. The van der Waals surface area contributed by atoms with Gasteiger partial charge in [0.2, 0.25) is 11.8 Å². The van der Waals surface area contributed by atoms with Crippen molar-refractivity contribution in [1.29, 1.82) is 0 Å². The first-order valence-corrected chi connectivity index (χ1v) is 13.5. The number of hydrogen-bond acceptors (Lipinski definition) is 5. The van der Waals surface area contributed by atoms with Crippen LogP contribution in [-0.4, -0.2) is 52.1 Å². The number of carbonyl (C=O) groups is 3. The van der Waals surface area contributed by atoms with Crippen LogP contribution in [0, 0.1) is 0 Å². The van der Waals surface area contributed by atoms with E-state index in [1.54, 1.807) is 39.8 Å². The van der Waals surface area contributed by atoms with E-state index in [0.717, 1.165) is 37.7 Å². The van der Waals surface area contributed by atoms with Crippen LogP contribution in [0.15, 0.2) is 54.6 Å². The van der Waals surface area contributed by atoms with E-state index in [4.69, 9.17) is 4.74 Å². The summed E-state index contributed by atoms with van der Waals surface area (Å²) in [4.78, 5) is 42.0. The van der Waals surface area contributed by atoms with E-state index in [1.165, 1.54) is 17.0 Å². The summed E-state index contributed by atoms with van der Waals surface area (Å²) in [7, 11) is 0. The van der Waals surface area contributed by atoms with Gasteiger partial charge in [-0.1, -0.05) is 61.7 Å². The van der Waals surface area contributed by atoms with Crippen molar-refractivity contribution in [1.82, 2.24) is 15.5 Å². The number of aromatic hydroxyl groups is 1. The van der Waals surface area contributed by atoms with Crippen LogP contribution in [0.3, 0.4) is 0 Å². The molecule has 2 aromatic rings. The smallest absolute Gasteiger partial charge is 0.408 e. The highest BCUT2D eigenvalue weighted by Gasteiger charge is 2.36. The summed E-state index contributed by atoms with van der Waals surface area (Å²) in [6, 6.07) is 13.9. The average molecular weight is 524 g/mol. The Morgan fingerprint density at radius 1 is 1.03 bits per heavy atom. The molecule has 2 atom stereocenters. The first-order chi connectivity index (χ1) is 18.1. The van der Waals surface area contributed by atoms with Gasteiger partial charge in [0.05, 0.1) is 0 Å². The molecule has 1 aliphatic rings. The molecule has 0 saturated heterocycles. The zero-order valence-electron chi connectivity index (χ0n) is 22.9. The van der Waals surface area contributed by atoms with Gasteiger partial charge in [0.15, 0.2) is 0 Å². The van der Waals surface area contributed by atoms with Gasteiger partial charge in [0.1, 0.15) is 23.4 Å². The standard InChI is InChI=1S/C30H41N3O5/c1-5-33(26(22-15-12-18-24(34)20-22)27(35)31-23-16-10-7-11-17-23)28(36)25(19-21-13-8-6-9-14-21)32-29(37)38-30(2,3)4/h6,8-9,12-15,18,20,23,25-26,34H,5,7,10-11,16-17,19H2,1-4H3,(H,31,35)(H,32,37). The molecule has 3 amide bonds. The summed E-state index contributed by atoms with van der Waals surface area (Å²) in [6.45, 7) is 7.29. The molecule has 2 aromatic carbocycles. The van der Waals surface area contributed by atoms with Crippen molar-refractivity contribution < 1.29 is 24.2 Å². The molecule has 1 saturated carbocycles. The van der Waals surface area contributed by atoms with E-state index in [-0.39, 0.29) is 30.7 Å². The van der Waals surface area contributed by atoms with Crippen LogP contribution >= 0.6 is 0 Å². The minimum Gasteiger partial charge on any atom is -0.508 e. The van der Waals surface area contributed by atoms with E-state index in [2.05, 4.69) is 10.6 Å². The molecular weight excluding hydrogens is 482 g/mol. The SMILES string of the molecule is CCN(C(=O)C(Cc1ccccc1)NC(=O)OC(C)(C)C)C(C(=O)NC1CCCCC1)c1cccc(O)c1. The molecule has 1 fully saturated rings. The van der Waals surface area contributed by atoms with Crippen LogP contribution in [0.1, 0.15) is 77.0 Å². The van der Waals surface area contributed by atoms with Crippen molar-refractivity contribution in [3.05, 3.63) is 65.7 Å². The van der Waals surface area contributed by atoms with Gasteiger partial charge in [0, 0.05) is 19.0 Å². The molecule has 0 radical (unpaired) electrons. The Bertz CT molecular complexity index is 1080. The fourth-order valence-corrected chi connectivity index (χ4v) is 4.86. The van der Waals surface area contributed by atoms with Crippen molar-refractivity contribution in [2.75, 3.05) is 6.54 Å². The molecule has 8 heteroatoms. The molecule has 206 valence electrons. The quantitative estimate of drug-likeness (QED) is 0.435. The third kappa shape index (κ3) is 8.50. The summed E-state index contributed by atoms with van der Waals surface area (Å²) in [5, 5.41) is 16.1. The molecule has 8 nitrogen and oxygen atoms in total. The number of likely N-dealkylation sites (N-methyl/N-ethyl adjacent to an activating group) is 1. The average Bonchev–Trinajstić information content (AvgIpc) is 2.86. The Hall–Kier alpha value is -3.55. The fourth-order valence-electron chi connectivity index (χ4n) is 4.86. The topological polar surface area (TPSA) is 108 Å². The van der Waals surface area contributed by atoms with Crippen molar-refractivity contribution >= 4 is 17.9 Å². The number of alkyl carbamates (subject to hydrolysis) is 1. The van der Waals surface area contributed by atoms with Crippen LogP contribution in [0.5, 0.6) is 5.75 Å². The van der Waals surface area contributed by atoms with E-state index < -0.39 is 29.7 Å². The maximum Gasteiger partial charge on any atom is 0.408 e. The second-order valence-corrected chi connectivity index (χ2v) is 10.9. The maximum absolute atomic E-state index is 14.1. The van der Waals surface area contributed by atoms with Gasteiger partial charge in [-0.25, -0.2) is 4.79 Å². The van der Waals surface area contributed by atoms with E-state index >= 15 is 0 Å². The number of phenols is 1. The Labute approximate surface area is 225 Å². The number of nitrogens with one attached hydrogen (secondary N) is 2. The zero-order valence-corrected chi connectivity index (χ0v) is 22.9. The number of nitrogens with zero attached hydrogens (tertiary/aromatic N) is 1. The van der Waals surface area contributed by atoms with Gasteiger partial charge in [-0.3, -0.25) is 9.59 Å². The van der Waals surface area contributed by atoms with Crippen LogP contribution in [0.4, 0.5) is 4.79 Å². The lowest BCUT2D eigenvalue weighted by molar-refractivity contribution is -0.142. The predicted molar refractivity (Wildman–Crippen MR) is 147 cm³/mol. The zero-order chi connectivity index (χ0) is 27.7. The van der Waals surface area contributed by atoms with Crippen LogP contribution < -0.4 is 10.6 Å². The van der Waals surface area contributed by atoms with Crippen molar-refractivity contribution in [3.8, 4) is 5.75 Å². The monoisotopic (exact) mass is 523 g/mol. The Morgan fingerprint density at radius 3 is 2.32 bits per heavy atom. The Kier molecular flexibility index (Phi) is 10.2. The second kappa shape index (κ2) is 13.3. The maximum atomic E-state index is 14.1. The highest BCUT2D eigenvalue weighted by molar-refractivity contribution is 5.92. The third-order valence-corrected chi connectivity index (χ3v) is 6.59. The highest BCUT2D eigenvalue weighted by Crippen LogP contribution is 2.27. The van der Waals surface area contributed by atoms with Gasteiger partial charge < -0.3 is 25.4 Å². The molecule has 3 N–H and O–H groups in total. The number of benzene rings is 2. The lowest BCUT2D eigenvalue weighted by Gasteiger charge is -2.35. The highest BCUT2D eigenvalue weighted by atomic mass is 16.6. The Balaban J connectivity index is 1.94. The van der Waals surface area contributed by atoms with Gasteiger partial charge in [-0.2, -0.15) is 0 Å². The number of hydrogen-bond donors (Lipinski definition) is 3. The molecule has 1 aliphatic carbocycles. The molecule has 0 heterocycles. The molecular formula is C30H41N3O5. The van der Waals surface area contributed by atoms with Gasteiger partial charge in [-0.15, -0.1) is 0 Å². The normalized spacial score (nSPS) is 15.7. The summed E-state index contributed by atoms with van der Waals surface area (Å²) in [6.07, 6.45) is 4.58. The van der Waals surface area contributed by atoms with E-state index in [9.17, 15) is 19.5 Å². The molecule has 0 aliphatic heterocycles. The van der Waals surface area contributed by atoms with Crippen LogP contribution in [0.2, 0.25) is 0 Å². The summed E-state index contributed by atoms with van der Waals surface area (Å²) in [5.41, 5.74) is 0.626. The summed E-state index contributed by atoms with van der Waals surface area (Å²) >= 11 is 0. The van der Waals surface area contributed by atoms with Gasteiger partial charge in [-0.05, 0) is 63.8 Å². The number of amides is 3. The molecule has 0 aromatic heterocycles. The van der Waals surface area contributed by atoms with Crippen LogP contribution in [-0.2, 0) is 20.7 Å². The minimum atomic E-state index is -0.972. The number of carbonyl (C=O) groups excluding carboxylic acids is 3. The number of phenolic OH excluding ortho intramolecular Hbond substituents is 1. The van der Waals surface area contributed by atoms with Crippen molar-refractivity contribution in [3.63, 3.8) is 0 Å². The lowest BCUT2D eigenvalue weighted by atomic mass is 9.94. The summed E-state index contributed by atoms with van der Waals surface area (Å²) < 4.78 is 5.45. The minimum absolute atomic E-state index is 0.00850. The molecule has 3 rings (SSSR count). The van der Waals surface area contributed by atoms with Crippen molar-refractivity contribution in [2.45, 2.75) is 89.9 Å². The fraction of sp³-hybridized carbons (Fsp3) is 0.500. The predicted octanol–water partition coefficient (Wildman–Crippen LogP) is 4.87. The second-order valence-electron chi connectivity index (χ2n) is 10.9. The first kappa shape index (κ1) is 29.0. The molecule has 38 heavy (non-hydrogen) atoms. The number of ether oxygens (including phenoxy) is 1. The van der Waals surface area contributed by atoms with E-state index in [1.807, 2.05) is 30.3 Å². The summed E-state index contributed by atoms with van der Waals surface area (Å²) in [5.74, 6) is -0.697. The van der Waals surface area contributed by atoms with Gasteiger partial charge >= 0.3 is 6.09 Å². The number of rotatable bonds is 9. The van der Waals surface area contributed by atoms with E-state index in [0.29, 0.717) is 5.56 Å². The van der Waals surface area contributed by atoms with Crippen molar-refractivity contribution in [2.24, 2.45) is 0 Å². The Morgan fingerprint density at radius 2 is 1.71 bits per heavy atom. The van der Waals surface area contributed by atoms with Crippen LogP contribution in [0.25, 0.3) is 0 Å². The van der Waals surface area contributed by atoms with Gasteiger partial charge in [0.25, 0.3) is 0 Å². The first-order valence-electron chi connectivity index (χ1n) is 13.5. The third-order valence-electron chi connectivity index (χ3n) is 6.59. The largest absolute Gasteiger partial charge is 0.508 e. The molecule has 0 spiro atoms. The molecule has 2 unspecified atom stereocenters. The molecule has 0 bridgehead atoms.